The van der Waals surface area contributed by atoms with E-state index < -0.39 is 0 Å². The predicted octanol–water partition coefficient (Wildman–Crippen LogP) is -0.0938. The van der Waals surface area contributed by atoms with Gasteiger partial charge in [-0.2, -0.15) is 0 Å². The molecule has 3 saturated heterocycles. The molecule has 20 heavy (non-hydrogen) atoms. The Morgan fingerprint density at radius 1 is 0.850 bits per heavy atom. The van der Waals surface area contributed by atoms with Crippen LogP contribution in [0.4, 0.5) is 0 Å². The van der Waals surface area contributed by atoms with Gasteiger partial charge >= 0.3 is 0 Å². The van der Waals surface area contributed by atoms with E-state index in [-0.39, 0.29) is 0 Å². The van der Waals surface area contributed by atoms with Gasteiger partial charge < -0.3 is 5.32 Å². The minimum Gasteiger partial charge on any atom is -0.312 e. The first-order chi connectivity index (χ1) is 9.92. The van der Waals surface area contributed by atoms with E-state index in [1.165, 1.54) is 12.0 Å². The summed E-state index contributed by atoms with van der Waals surface area (Å²) in [7, 11) is 0. The molecule has 1 aromatic carbocycles. The van der Waals surface area contributed by atoms with Crippen LogP contribution in [0, 0.1) is 11.8 Å². The van der Waals surface area contributed by atoms with Crippen LogP contribution in [0.2, 0.25) is 0 Å². The maximum absolute atomic E-state index is 3.72. The highest BCUT2D eigenvalue weighted by atomic mass is 15.4. The highest BCUT2D eigenvalue weighted by molar-refractivity contribution is 5.22. The van der Waals surface area contributed by atoms with Crippen molar-refractivity contribution in [3.05, 3.63) is 35.9 Å². The van der Waals surface area contributed by atoms with Crippen LogP contribution in [-0.4, -0.2) is 31.7 Å². The molecule has 4 rings (SSSR count). The summed E-state index contributed by atoms with van der Waals surface area (Å²) in [4.78, 5) is 0. The smallest absolute Gasteiger partial charge is 0.0507 e. The monoisotopic (exact) mass is 273 g/mol. The van der Waals surface area contributed by atoms with Crippen molar-refractivity contribution in [3.8, 4) is 0 Å². The third kappa shape index (κ3) is 2.25. The third-order valence-corrected chi connectivity index (χ3v) is 5.08. The molecule has 0 aliphatic carbocycles. The zero-order valence-corrected chi connectivity index (χ0v) is 11.6. The molecule has 3 aliphatic rings. The number of hydrogen-bond donors (Lipinski definition) is 5. The molecule has 5 nitrogen and oxygen atoms in total. The summed E-state index contributed by atoms with van der Waals surface area (Å²) in [5.41, 5.74) is 14.9. The first kappa shape index (κ1) is 12.7. The molecule has 3 fully saturated rings. The van der Waals surface area contributed by atoms with Gasteiger partial charge in [-0.1, -0.05) is 30.3 Å². The van der Waals surface area contributed by atoms with Crippen molar-refractivity contribution in [2.75, 3.05) is 19.6 Å². The molecule has 0 aromatic heterocycles. The van der Waals surface area contributed by atoms with E-state index >= 15 is 0 Å². The van der Waals surface area contributed by atoms with Crippen molar-refractivity contribution in [3.63, 3.8) is 0 Å². The normalized spacial score (nSPS) is 38.0. The van der Waals surface area contributed by atoms with Gasteiger partial charge in [0.25, 0.3) is 0 Å². The maximum atomic E-state index is 3.72. The minimum atomic E-state index is 0.438. The second kappa shape index (κ2) is 5.42. The first-order valence-corrected chi connectivity index (χ1v) is 7.67. The fourth-order valence-electron chi connectivity index (χ4n) is 3.91. The van der Waals surface area contributed by atoms with Crippen LogP contribution in [0.3, 0.4) is 0 Å². The highest BCUT2D eigenvalue weighted by Crippen LogP contribution is 2.35. The summed E-state index contributed by atoms with van der Waals surface area (Å²) in [6.07, 6.45) is 1.23. The number of hydrazine groups is 2. The average molecular weight is 273 g/mol. The Balaban J connectivity index is 1.50. The molecule has 1 aromatic rings. The lowest BCUT2D eigenvalue weighted by Gasteiger charge is -2.36. The van der Waals surface area contributed by atoms with E-state index in [1.54, 1.807) is 0 Å². The molecular weight excluding hydrogens is 250 g/mol. The Labute approximate surface area is 119 Å². The van der Waals surface area contributed by atoms with Crippen LogP contribution in [-0.2, 0) is 0 Å². The molecule has 0 amide bonds. The van der Waals surface area contributed by atoms with Gasteiger partial charge in [-0.3, -0.25) is 16.3 Å². The molecule has 4 unspecified atom stereocenters. The lowest BCUT2D eigenvalue weighted by molar-refractivity contribution is 0.223. The maximum Gasteiger partial charge on any atom is 0.0507 e. The van der Waals surface area contributed by atoms with Gasteiger partial charge in [0.05, 0.1) is 6.04 Å². The summed E-state index contributed by atoms with van der Waals surface area (Å²) in [5.74, 6) is 1.37. The summed E-state index contributed by atoms with van der Waals surface area (Å²) in [6.45, 7) is 3.21. The number of benzene rings is 1. The molecule has 0 radical (unpaired) electrons. The molecule has 3 aliphatic heterocycles. The molecule has 5 heteroatoms. The van der Waals surface area contributed by atoms with Crippen molar-refractivity contribution in [1.29, 1.82) is 0 Å². The quantitative estimate of drug-likeness (QED) is 0.521. The van der Waals surface area contributed by atoms with E-state index in [2.05, 4.69) is 57.4 Å². The summed E-state index contributed by atoms with van der Waals surface area (Å²) in [5, 5.41) is 3.72. The predicted molar refractivity (Wildman–Crippen MR) is 78.6 cm³/mol. The van der Waals surface area contributed by atoms with Crippen molar-refractivity contribution in [1.82, 2.24) is 27.0 Å². The number of piperidine rings is 1. The van der Waals surface area contributed by atoms with Crippen molar-refractivity contribution >= 4 is 0 Å². The first-order valence-electron chi connectivity index (χ1n) is 7.67. The second-order valence-corrected chi connectivity index (χ2v) is 6.22. The summed E-state index contributed by atoms with van der Waals surface area (Å²) in [6, 6.07) is 12.4. The van der Waals surface area contributed by atoms with Crippen LogP contribution in [0.25, 0.3) is 0 Å². The van der Waals surface area contributed by atoms with E-state index in [9.17, 15) is 0 Å². The van der Waals surface area contributed by atoms with Gasteiger partial charge in [0.2, 0.25) is 0 Å². The van der Waals surface area contributed by atoms with Gasteiger partial charge in [-0.25, -0.2) is 5.43 Å². The number of nitrogens with one attached hydrogen (secondary N) is 5. The Morgan fingerprint density at radius 3 is 2.45 bits per heavy atom. The molecule has 0 spiro atoms. The number of rotatable bonds is 2. The van der Waals surface area contributed by atoms with Gasteiger partial charge in [-0.05, 0) is 17.9 Å². The zero-order chi connectivity index (χ0) is 13.4. The van der Waals surface area contributed by atoms with E-state index in [0.29, 0.717) is 30.0 Å². The molecule has 3 heterocycles. The van der Waals surface area contributed by atoms with Gasteiger partial charge in [0.15, 0.2) is 0 Å². The molecule has 0 bridgehead atoms. The van der Waals surface area contributed by atoms with Crippen LogP contribution in [0.1, 0.15) is 18.0 Å². The van der Waals surface area contributed by atoms with E-state index in [4.69, 9.17) is 0 Å². The average Bonchev–Trinajstić information content (AvgIpc) is 3.17. The topological polar surface area (TPSA) is 60.1 Å². The molecule has 0 saturated carbocycles. The Kier molecular flexibility index (Phi) is 3.45. The van der Waals surface area contributed by atoms with Gasteiger partial charge in [0.1, 0.15) is 0 Å². The number of hydrogen-bond acceptors (Lipinski definition) is 5. The van der Waals surface area contributed by atoms with E-state index in [1.807, 2.05) is 0 Å². The lowest BCUT2D eigenvalue weighted by Crippen LogP contribution is -2.53. The Hall–Kier alpha value is -0.980. The lowest BCUT2D eigenvalue weighted by atomic mass is 9.78. The van der Waals surface area contributed by atoms with Crippen LogP contribution in [0.5, 0.6) is 0 Å². The van der Waals surface area contributed by atoms with Crippen molar-refractivity contribution in [2.24, 2.45) is 11.8 Å². The fraction of sp³-hybridized carbons (Fsp3) is 0.600. The number of fused-ring (bicyclic) bond motifs is 1. The van der Waals surface area contributed by atoms with Crippen LogP contribution in [0.15, 0.2) is 30.3 Å². The minimum absolute atomic E-state index is 0.438. The van der Waals surface area contributed by atoms with Crippen molar-refractivity contribution < 1.29 is 0 Å². The Morgan fingerprint density at radius 2 is 1.65 bits per heavy atom. The van der Waals surface area contributed by atoms with Crippen LogP contribution < -0.4 is 27.0 Å². The standard InChI is InChI=1S/C15H23N5/c1-2-4-10(5-3-1)15-12-6-13(11-7-17-18-8-11)16-9-14(12)19-20-15/h1-5,11-20H,6-9H2. The largest absolute Gasteiger partial charge is 0.312 e. The van der Waals surface area contributed by atoms with Crippen molar-refractivity contribution in [2.45, 2.75) is 24.5 Å². The fourth-order valence-corrected chi connectivity index (χ4v) is 3.91. The molecule has 108 valence electrons. The summed E-state index contributed by atoms with van der Waals surface area (Å²) >= 11 is 0. The third-order valence-electron chi connectivity index (χ3n) is 5.08. The molecule has 4 atom stereocenters. The molecular formula is C15H23N5. The molecule has 5 N–H and O–H groups in total. The van der Waals surface area contributed by atoms with Crippen LogP contribution >= 0.6 is 0 Å². The zero-order valence-electron chi connectivity index (χ0n) is 11.6. The summed E-state index contributed by atoms with van der Waals surface area (Å²) < 4.78 is 0. The highest BCUT2D eigenvalue weighted by Gasteiger charge is 2.42. The SMILES string of the molecule is c1ccc(C2NNC3CNC(C4CNNC4)CC32)cc1. The van der Waals surface area contributed by atoms with Gasteiger partial charge in [0, 0.05) is 37.6 Å². The van der Waals surface area contributed by atoms with Gasteiger partial charge in [-0.15, -0.1) is 0 Å². The second-order valence-electron chi connectivity index (χ2n) is 6.22. The van der Waals surface area contributed by atoms with E-state index in [0.717, 1.165) is 19.6 Å². The Bertz CT molecular complexity index is 445.